The first-order chi connectivity index (χ1) is 8.86. The quantitative estimate of drug-likeness (QED) is 0.888. The maximum Gasteiger partial charge on any atom is 0.326 e. The predicted octanol–water partition coefficient (Wildman–Crippen LogP) is 2.39. The van der Waals surface area contributed by atoms with E-state index in [1.807, 2.05) is 0 Å². The number of likely N-dealkylation sites (N-methyl/N-ethyl adjacent to an activating group) is 1. The van der Waals surface area contributed by atoms with E-state index in [-0.39, 0.29) is 0 Å². The van der Waals surface area contributed by atoms with E-state index >= 15 is 0 Å². The molecule has 1 unspecified atom stereocenters. The summed E-state index contributed by atoms with van der Waals surface area (Å²) in [6.07, 6.45) is 0. The molecular formula is C12H15BrN2O4. The van der Waals surface area contributed by atoms with Crippen molar-refractivity contribution in [3.63, 3.8) is 0 Å². The molecule has 1 aromatic carbocycles. The molecule has 2 amide bonds. The summed E-state index contributed by atoms with van der Waals surface area (Å²) < 4.78 is 5.87. The lowest BCUT2D eigenvalue weighted by molar-refractivity contribution is -0.141. The molecule has 6 nitrogen and oxygen atoms in total. The molecule has 0 radical (unpaired) electrons. The van der Waals surface area contributed by atoms with Crippen molar-refractivity contribution in [2.75, 3.05) is 19.5 Å². The number of nitrogens with zero attached hydrogens (tertiary/aromatic N) is 1. The second-order valence-electron chi connectivity index (χ2n) is 3.90. The Morgan fingerprint density at radius 2 is 2.11 bits per heavy atom. The van der Waals surface area contributed by atoms with Gasteiger partial charge in [-0.25, -0.2) is 9.59 Å². The number of aliphatic carboxylic acids is 1. The fourth-order valence-electron chi connectivity index (χ4n) is 1.29. The minimum absolute atomic E-state index is 0.501. The summed E-state index contributed by atoms with van der Waals surface area (Å²) in [6.45, 7) is 1.43. The third kappa shape index (κ3) is 3.85. The maximum atomic E-state index is 11.8. The third-order valence-corrected chi connectivity index (χ3v) is 3.32. The van der Waals surface area contributed by atoms with Crippen LogP contribution in [-0.2, 0) is 4.79 Å². The maximum absolute atomic E-state index is 11.8. The average molecular weight is 331 g/mol. The number of benzene rings is 1. The van der Waals surface area contributed by atoms with Crippen LogP contribution < -0.4 is 10.1 Å². The zero-order chi connectivity index (χ0) is 14.6. The Morgan fingerprint density at radius 3 is 2.63 bits per heavy atom. The Morgan fingerprint density at radius 1 is 1.47 bits per heavy atom. The van der Waals surface area contributed by atoms with E-state index in [0.717, 1.165) is 9.37 Å². The van der Waals surface area contributed by atoms with Gasteiger partial charge in [0.1, 0.15) is 11.8 Å². The van der Waals surface area contributed by atoms with Gasteiger partial charge < -0.3 is 20.1 Å². The molecule has 0 bridgehead atoms. The van der Waals surface area contributed by atoms with Gasteiger partial charge in [0.25, 0.3) is 0 Å². The molecule has 0 saturated heterocycles. The number of halogens is 1. The molecule has 1 aromatic rings. The number of hydrogen-bond acceptors (Lipinski definition) is 3. The number of amides is 2. The number of carboxylic acids is 1. The summed E-state index contributed by atoms with van der Waals surface area (Å²) >= 11 is 3.30. The number of nitrogens with one attached hydrogen (secondary N) is 1. The van der Waals surface area contributed by atoms with Gasteiger partial charge in [-0.05, 0) is 35.0 Å². The van der Waals surface area contributed by atoms with E-state index in [2.05, 4.69) is 21.2 Å². The highest BCUT2D eigenvalue weighted by molar-refractivity contribution is 9.10. The largest absolute Gasteiger partial charge is 0.495 e. The van der Waals surface area contributed by atoms with Gasteiger partial charge in [-0.15, -0.1) is 0 Å². The zero-order valence-electron chi connectivity index (χ0n) is 10.8. The topological polar surface area (TPSA) is 78.9 Å². The van der Waals surface area contributed by atoms with Crippen LogP contribution in [0.25, 0.3) is 0 Å². The molecule has 1 atom stereocenters. The monoisotopic (exact) mass is 330 g/mol. The molecular weight excluding hydrogens is 316 g/mol. The van der Waals surface area contributed by atoms with Crippen LogP contribution >= 0.6 is 15.9 Å². The normalized spacial score (nSPS) is 11.6. The van der Waals surface area contributed by atoms with Crippen LogP contribution in [0, 0.1) is 0 Å². The fourth-order valence-corrected chi connectivity index (χ4v) is 1.70. The number of urea groups is 1. The summed E-state index contributed by atoms with van der Waals surface area (Å²) in [6, 6.07) is 3.65. The van der Waals surface area contributed by atoms with Gasteiger partial charge in [-0.1, -0.05) is 0 Å². The zero-order valence-corrected chi connectivity index (χ0v) is 12.4. The minimum Gasteiger partial charge on any atom is -0.495 e. The smallest absolute Gasteiger partial charge is 0.326 e. The molecule has 0 spiro atoms. The van der Waals surface area contributed by atoms with Crippen molar-refractivity contribution >= 4 is 33.6 Å². The van der Waals surface area contributed by atoms with Crippen molar-refractivity contribution in [1.82, 2.24) is 4.90 Å². The average Bonchev–Trinajstić information content (AvgIpc) is 2.38. The minimum atomic E-state index is -1.06. The first-order valence-electron chi connectivity index (χ1n) is 5.47. The first-order valence-corrected chi connectivity index (χ1v) is 6.26. The Balaban J connectivity index is 2.79. The fraction of sp³-hybridized carbons (Fsp3) is 0.333. The standard InChI is InChI=1S/C12H15BrN2O4/c1-7(11(16)17)15(2)12(18)14-8-4-5-9(13)10(6-8)19-3/h4-7H,1-3H3,(H,14,18)(H,16,17). The molecule has 19 heavy (non-hydrogen) atoms. The SMILES string of the molecule is COc1cc(NC(=O)N(C)C(C)C(=O)O)ccc1Br. The lowest BCUT2D eigenvalue weighted by atomic mass is 10.3. The Kier molecular flexibility index (Phi) is 5.17. The van der Waals surface area contributed by atoms with E-state index in [0.29, 0.717) is 11.4 Å². The van der Waals surface area contributed by atoms with Crippen LogP contribution in [0.1, 0.15) is 6.92 Å². The van der Waals surface area contributed by atoms with Crippen molar-refractivity contribution in [3.05, 3.63) is 22.7 Å². The summed E-state index contributed by atoms with van der Waals surface area (Å²) in [5.74, 6) is -0.488. The number of methoxy groups -OCH3 is 1. The number of hydrogen-bond donors (Lipinski definition) is 2. The van der Waals surface area contributed by atoms with Crippen molar-refractivity contribution in [2.24, 2.45) is 0 Å². The van der Waals surface area contributed by atoms with E-state index in [1.165, 1.54) is 21.1 Å². The second-order valence-corrected chi connectivity index (χ2v) is 4.76. The van der Waals surface area contributed by atoms with Crippen molar-refractivity contribution in [2.45, 2.75) is 13.0 Å². The molecule has 2 N–H and O–H groups in total. The summed E-state index contributed by atoms with van der Waals surface area (Å²) in [7, 11) is 2.94. The van der Waals surface area contributed by atoms with Gasteiger partial charge in [0, 0.05) is 18.8 Å². The first kappa shape index (κ1) is 15.3. The number of carbonyl (C=O) groups is 2. The van der Waals surface area contributed by atoms with E-state index < -0.39 is 18.0 Å². The van der Waals surface area contributed by atoms with Crippen LogP contribution in [0.2, 0.25) is 0 Å². The third-order valence-electron chi connectivity index (χ3n) is 2.66. The summed E-state index contributed by atoms with van der Waals surface area (Å²) in [4.78, 5) is 23.7. The molecule has 0 saturated carbocycles. The summed E-state index contributed by atoms with van der Waals surface area (Å²) in [5.41, 5.74) is 0.523. The second kappa shape index (κ2) is 6.42. The van der Waals surface area contributed by atoms with Crippen LogP contribution in [0.4, 0.5) is 10.5 Å². The molecule has 0 fully saturated rings. The number of carboxylic acid groups (broad SMARTS) is 1. The highest BCUT2D eigenvalue weighted by Gasteiger charge is 2.21. The van der Waals surface area contributed by atoms with Crippen molar-refractivity contribution in [3.8, 4) is 5.75 Å². The molecule has 1 rings (SSSR count). The van der Waals surface area contributed by atoms with Crippen LogP contribution in [0.15, 0.2) is 22.7 Å². The molecule has 7 heteroatoms. The number of carbonyl (C=O) groups excluding carboxylic acids is 1. The van der Waals surface area contributed by atoms with Gasteiger partial charge in [0.15, 0.2) is 0 Å². The number of rotatable bonds is 4. The lowest BCUT2D eigenvalue weighted by Crippen LogP contribution is -2.42. The van der Waals surface area contributed by atoms with E-state index in [1.54, 1.807) is 18.2 Å². The van der Waals surface area contributed by atoms with Gasteiger partial charge in [-0.2, -0.15) is 0 Å². The van der Waals surface area contributed by atoms with Gasteiger partial charge >= 0.3 is 12.0 Å². The Hall–Kier alpha value is -1.76. The van der Waals surface area contributed by atoms with Gasteiger partial charge in [0.05, 0.1) is 11.6 Å². The van der Waals surface area contributed by atoms with Crippen LogP contribution in [0.5, 0.6) is 5.75 Å². The van der Waals surface area contributed by atoms with E-state index in [9.17, 15) is 9.59 Å². The number of anilines is 1. The van der Waals surface area contributed by atoms with Crippen LogP contribution in [-0.4, -0.2) is 42.2 Å². The molecule has 0 heterocycles. The Bertz CT molecular complexity index is 493. The predicted molar refractivity (Wildman–Crippen MR) is 74.6 cm³/mol. The highest BCUT2D eigenvalue weighted by atomic mass is 79.9. The molecule has 0 aliphatic heterocycles. The Labute approximate surface area is 119 Å². The molecule has 104 valence electrons. The van der Waals surface area contributed by atoms with Crippen LogP contribution in [0.3, 0.4) is 0 Å². The molecule has 0 aromatic heterocycles. The van der Waals surface area contributed by atoms with E-state index in [4.69, 9.17) is 9.84 Å². The molecule has 0 aliphatic rings. The van der Waals surface area contributed by atoms with Gasteiger partial charge in [0.2, 0.25) is 0 Å². The summed E-state index contributed by atoms with van der Waals surface area (Å²) in [5, 5.41) is 11.4. The number of ether oxygens (including phenoxy) is 1. The van der Waals surface area contributed by atoms with Crippen molar-refractivity contribution in [1.29, 1.82) is 0 Å². The molecule has 0 aliphatic carbocycles. The lowest BCUT2D eigenvalue weighted by Gasteiger charge is -2.22. The highest BCUT2D eigenvalue weighted by Crippen LogP contribution is 2.27. The van der Waals surface area contributed by atoms with Gasteiger partial charge in [-0.3, -0.25) is 0 Å². The van der Waals surface area contributed by atoms with Crippen molar-refractivity contribution < 1.29 is 19.4 Å².